The molecule has 0 aliphatic carbocycles. The molecule has 0 aromatic heterocycles. The Labute approximate surface area is 153 Å². The van der Waals surface area contributed by atoms with Gasteiger partial charge >= 0.3 is 0 Å². The molecule has 0 fully saturated rings. The van der Waals surface area contributed by atoms with Gasteiger partial charge in [-0.25, -0.2) is 4.39 Å². The van der Waals surface area contributed by atoms with Crippen molar-refractivity contribution in [1.82, 2.24) is 5.32 Å². The second-order valence-electron chi connectivity index (χ2n) is 6.06. The molecular weight excluding hydrogens is 352 g/mol. The molecule has 0 bridgehead atoms. The molecule has 132 valence electrons. The Bertz CT molecular complexity index is 648. The predicted octanol–water partition coefficient (Wildman–Crippen LogP) is 4.34. The highest BCUT2D eigenvalue weighted by Gasteiger charge is 2.16. The summed E-state index contributed by atoms with van der Waals surface area (Å²) < 4.78 is 18.8. The molecule has 24 heavy (non-hydrogen) atoms. The van der Waals surface area contributed by atoms with E-state index >= 15 is 0 Å². The Balaban J connectivity index is 0.00000288. The highest BCUT2D eigenvalue weighted by atomic mass is 35.5. The van der Waals surface area contributed by atoms with Crippen LogP contribution in [0, 0.1) is 5.82 Å². The van der Waals surface area contributed by atoms with E-state index in [4.69, 9.17) is 16.3 Å². The SMILES string of the molecule is CC(C)(CO)NCc1cc(Cl)ccc1OCc1ccc(F)cc1.Cl. The van der Waals surface area contributed by atoms with Crippen LogP contribution in [0.15, 0.2) is 42.5 Å². The van der Waals surface area contributed by atoms with Crippen molar-refractivity contribution in [3.63, 3.8) is 0 Å². The van der Waals surface area contributed by atoms with Crippen molar-refractivity contribution in [3.8, 4) is 5.75 Å². The molecule has 0 aliphatic heterocycles. The minimum absolute atomic E-state index is 0. The lowest BCUT2D eigenvalue weighted by Gasteiger charge is -2.24. The lowest BCUT2D eigenvalue weighted by atomic mass is 10.1. The zero-order valence-corrected chi connectivity index (χ0v) is 15.3. The summed E-state index contributed by atoms with van der Waals surface area (Å²) in [5.74, 6) is 0.441. The van der Waals surface area contributed by atoms with Crippen LogP contribution in [0.25, 0.3) is 0 Å². The smallest absolute Gasteiger partial charge is 0.124 e. The number of rotatable bonds is 7. The fraction of sp³-hybridized carbons (Fsp3) is 0.333. The second-order valence-corrected chi connectivity index (χ2v) is 6.50. The fourth-order valence-electron chi connectivity index (χ4n) is 1.96. The highest BCUT2D eigenvalue weighted by molar-refractivity contribution is 6.30. The van der Waals surface area contributed by atoms with Gasteiger partial charge in [-0.3, -0.25) is 0 Å². The Kier molecular flexibility index (Phi) is 7.97. The summed E-state index contributed by atoms with van der Waals surface area (Å²) in [4.78, 5) is 0. The Morgan fingerprint density at radius 1 is 1.17 bits per heavy atom. The van der Waals surface area contributed by atoms with E-state index in [1.54, 1.807) is 18.2 Å². The molecule has 2 aromatic carbocycles. The van der Waals surface area contributed by atoms with Crippen LogP contribution in [0.2, 0.25) is 5.02 Å². The molecule has 0 unspecified atom stereocenters. The number of ether oxygens (including phenoxy) is 1. The topological polar surface area (TPSA) is 41.5 Å². The lowest BCUT2D eigenvalue weighted by Crippen LogP contribution is -2.42. The first-order valence-electron chi connectivity index (χ1n) is 7.41. The van der Waals surface area contributed by atoms with Gasteiger partial charge in [0.15, 0.2) is 0 Å². The minimum atomic E-state index is -0.392. The lowest BCUT2D eigenvalue weighted by molar-refractivity contribution is 0.186. The van der Waals surface area contributed by atoms with Crippen LogP contribution in [0.1, 0.15) is 25.0 Å². The average molecular weight is 374 g/mol. The number of benzene rings is 2. The van der Waals surface area contributed by atoms with Crippen molar-refractivity contribution in [1.29, 1.82) is 0 Å². The monoisotopic (exact) mass is 373 g/mol. The maximum atomic E-state index is 12.9. The molecule has 2 aromatic rings. The first kappa shape index (κ1) is 20.7. The summed E-state index contributed by atoms with van der Waals surface area (Å²) in [5, 5.41) is 13.2. The third kappa shape index (κ3) is 6.29. The number of nitrogens with one attached hydrogen (secondary N) is 1. The number of aliphatic hydroxyl groups is 1. The first-order chi connectivity index (χ1) is 10.9. The molecular formula is C18H22Cl2FNO2. The zero-order valence-electron chi connectivity index (χ0n) is 13.7. The maximum absolute atomic E-state index is 12.9. The van der Waals surface area contributed by atoms with Crippen molar-refractivity contribution in [2.75, 3.05) is 6.61 Å². The van der Waals surface area contributed by atoms with Gasteiger partial charge in [-0.15, -0.1) is 12.4 Å². The molecule has 0 saturated heterocycles. The van der Waals surface area contributed by atoms with Gasteiger partial charge < -0.3 is 15.2 Å². The van der Waals surface area contributed by atoms with Crippen LogP contribution < -0.4 is 10.1 Å². The first-order valence-corrected chi connectivity index (χ1v) is 7.79. The molecule has 0 aliphatic rings. The molecule has 2 N–H and O–H groups in total. The van der Waals surface area contributed by atoms with Crippen LogP contribution in [0.3, 0.4) is 0 Å². The fourth-order valence-corrected chi connectivity index (χ4v) is 2.15. The van der Waals surface area contributed by atoms with E-state index in [1.165, 1.54) is 12.1 Å². The molecule has 6 heteroatoms. The van der Waals surface area contributed by atoms with Gasteiger partial charge in [0.2, 0.25) is 0 Å². The van der Waals surface area contributed by atoms with Crippen LogP contribution in [0.4, 0.5) is 4.39 Å². The summed E-state index contributed by atoms with van der Waals surface area (Å²) in [7, 11) is 0. The third-order valence-electron chi connectivity index (χ3n) is 3.48. The molecule has 0 saturated carbocycles. The summed E-state index contributed by atoms with van der Waals surface area (Å²) in [6, 6.07) is 11.6. The van der Waals surface area contributed by atoms with E-state index in [1.807, 2.05) is 26.0 Å². The van der Waals surface area contributed by atoms with Gasteiger partial charge in [-0.1, -0.05) is 23.7 Å². The summed E-state index contributed by atoms with van der Waals surface area (Å²) in [6.07, 6.45) is 0. The van der Waals surface area contributed by atoms with Gasteiger partial charge in [0.1, 0.15) is 18.2 Å². The molecule has 0 heterocycles. The Morgan fingerprint density at radius 2 is 1.83 bits per heavy atom. The van der Waals surface area contributed by atoms with E-state index < -0.39 is 5.54 Å². The largest absolute Gasteiger partial charge is 0.489 e. The van der Waals surface area contributed by atoms with Gasteiger partial charge in [-0.05, 0) is 49.7 Å². The van der Waals surface area contributed by atoms with E-state index in [0.29, 0.717) is 23.9 Å². The number of hydrogen-bond donors (Lipinski definition) is 2. The summed E-state index contributed by atoms with van der Waals surface area (Å²) >= 11 is 6.06. The highest BCUT2D eigenvalue weighted by Crippen LogP contribution is 2.24. The van der Waals surface area contributed by atoms with Crippen molar-refractivity contribution in [2.45, 2.75) is 32.5 Å². The zero-order chi connectivity index (χ0) is 16.9. The van der Waals surface area contributed by atoms with Crippen LogP contribution in [-0.4, -0.2) is 17.3 Å². The van der Waals surface area contributed by atoms with Crippen molar-refractivity contribution >= 4 is 24.0 Å². The van der Waals surface area contributed by atoms with Crippen molar-refractivity contribution in [2.24, 2.45) is 0 Å². The van der Waals surface area contributed by atoms with Gasteiger partial charge in [0.25, 0.3) is 0 Å². The summed E-state index contributed by atoms with van der Waals surface area (Å²) in [5.41, 5.74) is 1.40. The third-order valence-corrected chi connectivity index (χ3v) is 3.72. The molecule has 0 radical (unpaired) electrons. The molecule has 0 spiro atoms. The van der Waals surface area contributed by atoms with E-state index in [0.717, 1.165) is 11.1 Å². The van der Waals surface area contributed by atoms with Crippen molar-refractivity contribution < 1.29 is 14.2 Å². The number of hydrogen-bond acceptors (Lipinski definition) is 3. The second kappa shape index (κ2) is 9.23. The standard InChI is InChI=1S/C18H21ClFNO2.ClH/c1-18(2,12-22)21-10-14-9-15(19)5-8-17(14)23-11-13-3-6-16(20)7-4-13;/h3-9,21-22H,10-12H2,1-2H3;1H. The minimum Gasteiger partial charge on any atom is -0.489 e. The molecule has 0 atom stereocenters. The molecule has 2 rings (SSSR count). The molecule has 0 amide bonds. The Morgan fingerprint density at radius 3 is 2.46 bits per heavy atom. The van der Waals surface area contributed by atoms with E-state index in [9.17, 15) is 9.50 Å². The number of aliphatic hydroxyl groups excluding tert-OH is 1. The van der Waals surface area contributed by atoms with Gasteiger partial charge in [-0.2, -0.15) is 0 Å². The van der Waals surface area contributed by atoms with Crippen LogP contribution in [0.5, 0.6) is 5.75 Å². The number of halogens is 3. The van der Waals surface area contributed by atoms with Crippen LogP contribution in [-0.2, 0) is 13.2 Å². The van der Waals surface area contributed by atoms with Crippen molar-refractivity contribution in [3.05, 3.63) is 64.4 Å². The summed E-state index contributed by atoms with van der Waals surface area (Å²) in [6.45, 7) is 4.72. The molecule has 3 nitrogen and oxygen atoms in total. The van der Waals surface area contributed by atoms with Gasteiger partial charge in [0.05, 0.1) is 6.61 Å². The van der Waals surface area contributed by atoms with E-state index in [-0.39, 0.29) is 24.8 Å². The normalized spacial score (nSPS) is 11.0. The van der Waals surface area contributed by atoms with Crippen LogP contribution >= 0.6 is 24.0 Å². The van der Waals surface area contributed by atoms with E-state index in [2.05, 4.69) is 5.32 Å². The average Bonchev–Trinajstić information content (AvgIpc) is 2.53. The quantitative estimate of drug-likeness (QED) is 0.758. The Hall–Kier alpha value is -1.33. The predicted molar refractivity (Wildman–Crippen MR) is 97.4 cm³/mol. The maximum Gasteiger partial charge on any atom is 0.124 e. The van der Waals surface area contributed by atoms with Gasteiger partial charge in [0, 0.05) is 22.7 Å².